The number of benzene rings is 1. The molecule has 90 valence electrons. The molecule has 0 unspecified atom stereocenters. The molecule has 2 aromatic heterocycles. The fraction of sp³-hybridized carbons (Fsp3) is 0.0769. The minimum atomic E-state index is -0.395. The van der Waals surface area contributed by atoms with E-state index in [9.17, 15) is 4.79 Å². The van der Waals surface area contributed by atoms with Crippen molar-refractivity contribution in [2.75, 3.05) is 0 Å². The number of para-hydroxylation sites is 2. The van der Waals surface area contributed by atoms with Crippen molar-refractivity contribution in [3.8, 4) is 5.69 Å². The van der Waals surface area contributed by atoms with Crippen LogP contribution >= 0.6 is 11.3 Å². The van der Waals surface area contributed by atoms with E-state index in [0.717, 1.165) is 22.5 Å². The van der Waals surface area contributed by atoms with Gasteiger partial charge in [0.15, 0.2) is 0 Å². The van der Waals surface area contributed by atoms with Crippen LogP contribution in [0.1, 0.15) is 15.5 Å². The molecule has 0 aliphatic rings. The highest BCUT2D eigenvalue weighted by Gasteiger charge is 2.11. The summed E-state index contributed by atoms with van der Waals surface area (Å²) in [5.74, 6) is 0.498. The first-order valence-corrected chi connectivity index (χ1v) is 6.37. The summed E-state index contributed by atoms with van der Waals surface area (Å²) in [7, 11) is 0. The smallest absolute Gasteiger partial charge is 0.258 e. The first-order valence-electron chi connectivity index (χ1n) is 5.49. The summed E-state index contributed by atoms with van der Waals surface area (Å²) in [5.41, 5.74) is 8.19. The van der Waals surface area contributed by atoms with Crippen LogP contribution in [-0.2, 0) is 0 Å². The molecular weight excluding hydrogens is 246 g/mol. The number of rotatable bonds is 2. The van der Waals surface area contributed by atoms with Gasteiger partial charge in [-0.2, -0.15) is 0 Å². The highest BCUT2D eigenvalue weighted by molar-refractivity contribution is 7.12. The molecule has 0 saturated heterocycles. The normalized spacial score (nSPS) is 10.9. The Bertz CT molecular complexity index is 742. The predicted octanol–water partition coefficient (Wildman–Crippen LogP) is 2.49. The molecule has 3 rings (SSSR count). The molecule has 0 fully saturated rings. The van der Waals surface area contributed by atoms with E-state index in [1.54, 1.807) is 6.07 Å². The summed E-state index contributed by atoms with van der Waals surface area (Å²) in [6.07, 6.45) is 0. The molecule has 0 bridgehead atoms. The fourth-order valence-corrected chi connectivity index (χ4v) is 2.77. The van der Waals surface area contributed by atoms with Gasteiger partial charge in [0.25, 0.3) is 5.91 Å². The van der Waals surface area contributed by atoms with E-state index in [1.807, 2.05) is 41.1 Å². The highest BCUT2D eigenvalue weighted by atomic mass is 32.1. The number of nitrogens with zero attached hydrogens (tertiary/aromatic N) is 2. The largest absolute Gasteiger partial charge is 0.365 e. The second-order valence-corrected chi connectivity index (χ2v) is 4.93. The third kappa shape index (κ3) is 1.60. The second kappa shape index (κ2) is 3.96. The summed E-state index contributed by atoms with van der Waals surface area (Å²) >= 11 is 1.35. The van der Waals surface area contributed by atoms with Crippen molar-refractivity contribution < 1.29 is 4.79 Å². The van der Waals surface area contributed by atoms with Crippen molar-refractivity contribution in [2.45, 2.75) is 6.92 Å². The van der Waals surface area contributed by atoms with E-state index >= 15 is 0 Å². The molecule has 4 nitrogen and oxygen atoms in total. The molecule has 5 heteroatoms. The minimum absolute atomic E-state index is 0.395. The van der Waals surface area contributed by atoms with Gasteiger partial charge in [-0.25, -0.2) is 4.98 Å². The van der Waals surface area contributed by atoms with Crippen LogP contribution in [0.5, 0.6) is 0 Å². The number of hydrogen-bond donors (Lipinski definition) is 1. The lowest BCUT2D eigenvalue weighted by Gasteiger charge is -2.02. The Morgan fingerprint density at radius 1 is 1.39 bits per heavy atom. The minimum Gasteiger partial charge on any atom is -0.365 e. The molecule has 1 amide bonds. The molecule has 0 atom stereocenters. The van der Waals surface area contributed by atoms with Gasteiger partial charge < -0.3 is 5.73 Å². The molecule has 18 heavy (non-hydrogen) atoms. The van der Waals surface area contributed by atoms with Gasteiger partial charge in [0, 0.05) is 5.38 Å². The highest BCUT2D eigenvalue weighted by Crippen LogP contribution is 2.24. The van der Waals surface area contributed by atoms with Crippen LogP contribution in [0.15, 0.2) is 35.7 Å². The van der Waals surface area contributed by atoms with E-state index in [4.69, 9.17) is 5.73 Å². The number of primary amides is 1. The Labute approximate surface area is 108 Å². The number of thiophene rings is 1. The van der Waals surface area contributed by atoms with E-state index in [2.05, 4.69) is 4.98 Å². The van der Waals surface area contributed by atoms with Crippen LogP contribution < -0.4 is 5.73 Å². The third-order valence-corrected chi connectivity index (χ3v) is 3.75. The van der Waals surface area contributed by atoms with Crippen molar-refractivity contribution in [3.05, 3.63) is 46.4 Å². The maximum absolute atomic E-state index is 11.1. The first kappa shape index (κ1) is 11.0. The zero-order valence-corrected chi connectivity index (χ0v) is 10.6. The SMILES string of the molecule is Cc1nc2ccccc2n1-c1csc(C(N)=O)c1. The Morgan fingerprint density at radius 2 is 2.17 bits per heavy atom. The van der Waals surface area contributed by atoms with Crippen molar-refractivity contribution >= 4 is 28.3 Å². The standard InChI is InChI=1S/C13H11N3OS/c1-8-15-10-4-2-3-5-11(10)16(8)9-6-12(13(14)17)18-7-9/h2-7H,1H3,(H2,14,17). The van der Waals surface area contributed by atoms with Gasteiger partial charge in [-0.15, -0.1) is 11.3 Å². The number of aromatic nitrogens is 2. The van der Waals surface area contributed by atoms with E-state index in [-0.39, 0.29) is 0 Å². The van der Waals surface area contributed by atoms with Gasteiger partial charge >= 0.3 is 0 Å². The van der Waals surface area contributed by atoms with Gasteiger partial charge in [-0.05, 0) is 25.1 Å². The van der Waals surface area contributed by atoms with Crippen LogP contribution in [0.4, 0.5) is 0 Å². The lowest BCUT2D eigenvalue weighted by Crippen LogP contribution is -2.08. The number of carbonyl (C=O) groups is 1. The van der Waals surface area contributed by atoms with E-state index in [1.165, 1.54) is 11.3 Å². The average molecular weight is 257 g/mol. The summed E-state index contributed by atoms with van der Waals surface area (Å²) in [5, 5.41) is 1.92. The Hall–Kier alpha value is -2.14. The monoisotopic (exact) mass is 257 g/mol. The van der Waals surface area contributed by atoms with Crippen LogP contribution in [0.2, 0.25) is 0 Å². The van der Waals surface area contributed by atoms with Crippen molar-refractivity contribution in [3.63, 3.8) is 0 Å². The number of hydrogen-bond acceptors (Lipinski definition) is 3. The zero-order valence-electron chi connectivity index (χ0n) is 9.75. The van der Waals surface area contributed by atoms with Gasteiger partial charge in [0.1, 0.15) is 5.82 Å². The van der Waals surface area contributed by atoms with Crippen LogP contribution in [-0.4, -0.2) is 15.5 Å². The van der Waals surface area contributed by atoms with Gasteiger partial charge in [-0.3, -0.25) is 9.36 Å². The van der Waals surface area contributed by atoms with Gasteiger partial charge in [-0.1, -0.05) is 12.1 Å². The van der Waals surface area contributed by atoms with Gasteiger partial charge in [0.05, 0.1) is 21.6 Å². The molecule has 0 radical (unpaired) electrons. The number of aryl methyl sites for hydroxylation is 1. The quantitative estimate of drug-likeness (QED) is 0.766. The fourth-order valence-electron chi connectivity index (χ4n) is 2.05. The molecule has 0 aliphatic heterocycles. The summed E-state index contributed by atoms with van der Waals surface area (Å²) < 4.78 is 2.03. The van der Waals surface area contributed by atoms with Crippen molar-refractivity contribution in [1.29, 1.82) is 0 Å². The Kier molecular flexibility index (Phi) is 2.41. The third-order valence-electron chi connectivity index (χ3n) is 2.82. The first-order chi connectivity index (χ1) is 8.66. The number of carbonyl (C=O) groups excluding carboxylic acids is 1. The number of fused-ring (bicyclic) bond motifs is 1. The van der Waals surface area contributed by atoms with Crippen molar-refractivity contribution in [1.82, 2.24) is 9.55 Å². The summed E-state index contributed by atoms with van der Waals surface area (Å²) in [6, 6.07) is 9.72. The molecule has 1 aromatic carbocycles. The zero-order chi connectivity index (χ0) is 12.7. The lowest BCUT2D eigenvalue weighted by molar-refractivity contribution is 0.100. The molecule has 0 spiro atoms. The average Bonchev–Trinajstić information content (AvgIpc) is 2.91. The summed E-state index contributed by atoms with van der Waals surface area (Å²) in [4.78, 5) is 16.2. The molecule has 2 N–H and O–H groups in total. The molecule has 0 aliphatic carbocycles. The van der Waals surface area contributed by atoms with Crippen LogP contribution in [0.25, 0.3) is 16.7 Å². The van der Waals surface area contributed by atoms with Crippen molar-refractivity contribution in [2.24, 2.45) is 5.73 Å². The summed E-state index contributed by atoms with van der Waals surface area (Å²) in [6.45, 7) is 1.95. The topological polar surface area (TPSA) is 60.9 Å². The van der Waals surface area contributed by atoms with Crippen LogP contribution in [0.3, 0.4) is 0 Å². The molecule has 2 heterocycles. The number of amides is 1. The number of nitrogens with two attached hydrogens (primary N) is 1. The maximum atomic E-state index is 11.1. The maximum Gasteiger partial charge on any atom is 0.258 e. The Balaban J connectivity index is 2.24. The predicted molar refractivity (Wildman–Crippen MR) is 72.2 cm³/mol. The van der Waals surface area contributed by atoms with E-state index < -0.39 is 5.91 Å². The van der Waals surface area contributed by atoms with Gasteiger partial charge in [0.2, 0.25) is 0 Å². The lowest BCUT2D eigenvalue weighted by atomic mass is 10.3. The molecular formula is C13H11N3OS. The second-order valence-electron chi connectivity index (χ2n) is 4.02. The van der Waals surface area contributed by atoms with E-state index in [0.29, 0.717) is 4.88 Å². The molecule has 3 aromatic rings. The Morgan fingerprint density at radius 3 is 2.89 bits per heavy atom. The molecule has 0 saturated carbocycles. The number of imidazole rings is 1. The van der Waals surface area contributed by atoms with Crippen LogP contribution in [0, 0.1) is 6.92 Å².